The maximum absolute atomic E-state index is 9.96. The second-order valence-corrected chi connectivity index (χ2v) is 7.44. The van der Waals surface area contributed by atoms with Crippen LogP contribution in [0.25, 0.3) is 11.4 Å². The quantitative estimate of drug-likeness (QED) is 0.912. The minimum Gasteiger partial charge on any atom is -0.490 e. The predicted molar refractivity (Wildman–Crippen MR) is 95.1 cm³/mol. The first-order valence-corrected chi connectivity index (χ1v) is 9.51. The zero-order valence-corrected chi connectivity index (χ0v) is 14.7. The van der Waals surface area contributed by atoms with Crippen LogP contribution < -0.4 is 4.74 Å². The first-order chi connectivity index (χ1) is 12.8. The van der Waals surface area contributed by atoms with Crippen LogP contribution >= 0.6 is 0 Å². The second-order valence-electron chi connectivity index (χ2n) is 7.44. The number of hydrogen-bond donors (Lipinski definition) is 1. The largest absolute Gasteiger partial charge is 0.490 e. The van der Waals surface area contributed by atoms with Crippen molar-refractivity contribution in [3.63, 3.8) is 0 Å². The van der Waals surface area contributed by atoms with Crippen molar-refractivity contribution in [2.45, 2.75) is 56.1 Å². The second kappa shape index (κ2) is 6.68. The van der Waals surface area contributed by atoms with E-state index in [0.717, 1.165) is 30.0 Å². The smallest absolute Gasteiger partial charge is 0.140 e. The molecule has 3 heterocycles. The maximum Gasteiger partial charge on any atom is 0.140 e. The molecule has 2 aromatic rings. The zero-order valence-electron chi connectivity index (χ0n) is 14.7. The molecule has 3 aliphatic rings. The third kappa shape index (κ3) is 2.82. The fraction of sp³-hybridized carbons (Fsp3) is 0.550. The number of aliphatic hydroxyl groups excluding tert-OH is 1. The normalized spacial score (nSPS) is 31.4. The highest BCUT2D eigenvalue weighted by atomic mass is 16.6. The maximum atomic E-state index is 9.96. The SMILES string of the molecule is O[C@@H]1CO[C@H]2[C@@H]1OC[C@H]2n1ccnc1-c1ccc(OC2CCCC2)cc1. The van der Waals surface area contributed by atoms with Crippen molar-refractivity contribution in [2.24, 2.45) is 0 Å². The molecule has 5 rings (SSSR count). The Balaban J connectivity index is 1.36. The van der Waals surface area contributed by atoms with E-state index in [1.807, 2.05) is 18.3 Å². The van der Waals surface area contributed by atoms with Gasteiger partial charge < -0.3 is 23.9 Å². The van der Waals surface area contributed by atoms with E-state index in [9.17, 15) is 5.11 Å². The van der Waals surface area contributed by atoms with E-state index in [0.29, 0.717) is 19.3 Å². The van der Waals surface area contributed by atoms with Crippen LogP contribution in [-0.2, 0) is 9.47 Å². The molecule has 138 valence electrons. The summed E-state index contributed by atoms with van der Waals surface area (Å²) >= 11 is 0. The lowest BCUT2D eigenvalue weighted by atomic mass is 10.1. The lowest BCUT2D eigenvalue weighted by Crippen LogP contribution is -2.30. The number of fused-ring (bicyclic) bond motifs is 1. The first kappa shape index (κ1) is 16.3. The van der Waals surface area contributed by atoms with Crippen LogP contribution in [0.2, 0.25) is 0 Å². The van der Waals surface area contributed by atoms with Crippen LogP contribution in [0.5, 0.6) is 5.75 Å². The number of nitrogens with zero attached hydrogens (tertiary/aromatic N) is 2. The van der Waals surface area contributed by atoms with Crippen LogP contribution in [0.1, 0.15) is 31.7 Å². The third-order valence-corrected chi connectivity index (χ3v) is 5.74. The van der Waals surface area contributed by atoms with Gasteiger partial charge in [-0.3, -0.25) is 0 Å². The molecular weight excluding hydrogens is 332 g/mol. The number of benzene rings is 1. The van der Waals surface area contributed by atoms with E-state index in [2.05, 4.69) is 21.7 Å². The van der Waals surface area contributed by atoms with Gasteiger partial charge in [-0.2, -0.15) is 0 Å². The average molecular weight is 356 g/mol. The molecule has 0 bridgehead atoms. The van der Waals surface area contributed by atoms with Gasteiger partial charge in [0.2, 0.25) is 0 Å². The van der Waals surface area contributed by atoms with Gasteiger partial charge in [0.25, 0.3) is 0 Å². The van der Waals surface area contributed by atoms with Crippen molar-refractivity contribution in [1.82, 2.24) is 9.55 Å². The summed E-state index contributed by atoms with van der Waals surface area (Å²) in [6.07, 6.45) is 8.07. The summed E-state index contributed by atoms with van der Waals surface area (Å²) in [5.74, 6) is 1.81. The van der Waals surface area contributed by atoms with Crippen molar-refractivity contribution in [2.75, 3.05) is 13.2 Å². The Labute approximate surface area is 152 Å². The molecule has 0 amide bonds. The summed E-state index contributed by atoms with van der Waals surface area (Å²) in [7, 11) is 0. The van der Waals surface area contributed by atoms with Crippen molar-refractivity contribution >= 4 is 0 Å². The minimum absolute atomic E-state index is 0.0315. The molecule has 1 aromatic carbocycles. The lowest BCUT2D eigenvalue weighted by molar-refractivity contribution is 0.0172. The molecule has 6 nitrogen and oxygen atoms in total. The van der Waals surface area contributed by atoms with Gasteiger partial charge in [-0.25, -0.2) is 4.98 Å². The standard InChI is InChI=1S/C20H24N2O4/c23-17-12-25-18-16(11-24-19(17)18)22-10-9-21-20(22)13-5-7-15(8-6-13)26-14-3-1-2-4-14/h5-10,14,16-19,23H,1-4,11-12H2/t16-,17-,18-,19-/m1/s1. The fourth-order valence-electron chi connectivity index (χ4n) is 4.38. The number of imidazole rings is 1. The van der Waals surface area contributed by atoms with Gasteiger partial charge >= 0.3 is 0 Å². The molecule has 1 N–H and O–H groups in total. The first-order valence-electron chi connectivity index (χ1n) is 9.51. The highest BCUT2D eigenvalue weighted by Crippen LogP contribution is 2.36. The molecule has 0 radical (unpaired) electrons. The minimum atomic E-state index is -0.538. The Morgan fingerprint density at radius 3 is 2.62 bits per heavy atom. The summed E-state index contributed by atoms with van der Waals surface area (Å²) in [5.41, 5.74) is 1.04. The molecule has 1 aromatic heterocycles. The van der Waals surface area contributed by atoms with Crippen molar-refractivity contribution in [3.8, 4) is 17.1 Å². The van der Waals surface area contributed by atoms with Crippen LogP contribution in [0.3, 0.4) is 0 Å². The molecule has 1 saturated carbocycles. The van der Waals surface area contributed by atoms with Gasteiger partial charge in [0.05, 0.1) is 25.4 Å². The fourth-order valence-corrected chi connectivity index (χ4v) is 4.38. The highest BCUT2D eigenvalue weighted by molar-refractivity contribution is 5.57. The van der Waals surface area contributed by atoms with Gasteiger partial charge in [0.15, 0.2) is 0 Å². The number of rotatable bonds is 4. The highest BCUT2D eigenvalue weighted by Gasteiger charge is 2.48. The third-order valence-electron chi connectivity index (χ3n) is 5.74. The molecule has 2 aliphatic heterocycles. The number of aromatic nitrogens is 2. The molecule has 1 aliphatic carbocycles. The van der Waals surface area contributed by atoms with E-state index in [1.165, 1.54) is 12.8 Å². The van der Waals surface area contributed by atoms with Crippen LogP contribution in [0.15, 0.2) is 36.7 Å². The Bertz CT molecular complexity index is 753. The van der Waals surface area contributed by atoms with Crippen molar-refractivity contribution in [3.05, 3.63) is 36.7 Å². The molecule has 4 atom stereocenters. The zero-order chi connectivity index (χ0) is 17.5. The molecular formula is C20H24N2O4. The van der Waals surface area contributed by atoms with Gasteiger partial charge in [-0.1, -0.05) is 0 Å². The lowest BCUT2D eigenvalue weighted by Gasteiger charge is -2.20. The van der Waals surface area contributed by atoms with Gasteiger partial charge in [-0.15, -0.1) is 0 Å². The summed E-state index contributed by atoms with van der Waals surface area (Å²) in [4.78, 5) is 4.55. The topological polar surface area (TPSA) is 65.7 Å². The van der Waals surface area contributed by atoms with E-state index < -0.39 is 6.10 Å². The molecule has 0 spiro atoms. The average Bonchev–Trinajstić information content (AvgIpc) is 3.41. The van der Waals surface area contributed by atoms with Crippen LogP contribution in [0.4, 0.5) is 0 Å². The summed E-state index contributed by atoms with van der Waals surface area (Å²) in [6, 6.07) is 8.19. The summed E-state index contributed by atoms with van der Waals surface area (Å²) < 4.78 is 19.7. The van der Waals surface area contributed by atoms with Gasteiger partial charge in [0.1, 0.15) is 29.9 Å². The Hall–Kier alpha value is -1.89. The Morgan fingerprint density at radius 2 is 1.81 bits per heavy atom. The van der Waals surface area contributed by atoms with Gasteiger partial charge in [-0.05, 0) is 49.9 Å². The monoisotopic (exact) mass is 356 g/mol. The summed E-state index contributed by atoms with van der Waals surface area (Å²) in [6.45, 7) is 0.863. The molecule has 26 heavy (non-hydrogen) atoms. The molecule has 6 heteroatoms. The number of aliphatic hydroxyl groups is 1. The molecule has 3 fully saturated rings. The van der Waals surface area contributed by atoms with Gasteiger partial charge in [0, 0.05) is 18.0 Å². The van der Waals surface area contributed by atoms with E-state index >= 15 is 0 Å². The Kier molecular flexibility index (Phi) is 4.19. The number of hydrogen-bond acceptors (Lipinski definition) is 5. The van der Waals surface area contributed by atoms with Crippen molar-refractivity contribution < 1.29 is 19.3 Å². The Morgan fingerprint density at radius 1 is 1.04 bits per heavy atom. The van der Waals surface area contributed by atoms with Crippen LogP contribution in [-0.4, -0.2) is 52.3 Å². The molecule has 0 unspecified atom stereocenters. The molecule has 2 saturated heterocycles. The van der Waals surface area contributed by atoms with E-state index in [4.69, 9.17) is 14.2 Å². The van der Waals surface area contributed by atoms with Crippen LogP contribution in [0, 0.1) is 0 Å². The predicted octanol–water partition coefficient (Wildman–Crippen LogP) is 2.57. The van der Waals surface area contributed by atoms with Crippen molar-refractivity contribution in [1.29, 1.82) is 0 Å². The number of ether oxygens (including phenoxy) is 3. The van der Waals surface area contributed by atoms with E-state index in [-0.39, 0.29) is 18.2 Å². The van der Waals surface area contributed by atoms with E-state index in [1.54, 1.807) is 6.20 Å². The summed E-state index contributed by atoms with van der Waals surface area (Å²) in [5, 5.41) is 9.96.